The summed E-state index contributed by atoms with van der Waals surface area (Å²) in [6, 6.07) is 14.4. The second-order valence-electron chi connectivity index (χ2n) is 8.40. The van der Waals surface area contributed by atoms with Crippen LogP contribution in [0.15, 0.2) is 59.1 Å². The number of nitrogens with one attached hydrogen (secondary N) is 3. The first-order valence-corrected chi connectivity index (χ1v) is 13.0. The number of rotatable bonds is 6. The van der Waals surface area contributed by atoms with Crippen molar-refractivity contribution in [1.82, 2.24) is 0 Å². The highest BCUT2D eigenvalue weighted by molar-refractivity contribution is 9.10. The molecule has 0 spiro atoms. The maximum absolute atomic E-state index is 13.0. The van der Waals surface area contributed by atoms with Crippen molar-refractivity contribution >= 4 is 97.3 Å². The van der Waals surface area contributed by atoms with Gasteiger partial charge in [-0.25, -0.2) is 4.79 Å². The fraction of sp³-hybridized carbons (Fsp3) is 0.160. The van der Waals surface area contributed by atoms with Crippen LogP contribution in [0.2, 0.25) is 10.0 Å². The van der Waals surface area contributed by atoms with Gasteiger partial charge in [0, 0.05) is 27.5 Å². The van der Waals surface area contributed by atoms with Crippen LogP contribution >= 0.6 is 62.3 Å². The third-order valence-electron chi connectivity index (χ3n) is 5.84. The molecule has 0 radical (unpaired) electrons. The van der Waals surface area contributed by atoms with Crippen molar-refractivity contribution in [2.24, 2.45) is 5.92 Å². The Morgan fingerprint density at radius 1 is 0.892 bits per heavy atom. The molecule has 1 aliphatic rings. The molecule has 1 aliphatic carbocycles. The molecule has 3 amide bonds. The highest BCUT2D eigenvalue weighted by Gasteiger charge is 2.67. The van der Waals surface area contributed by atoms with Crippen LogP contribution in [-0.4, -0.2) is 27.3 Å². The van der Waals surface area contributed by atoms with E-state index in [4.69, 9.17) is 51.5 Å². The SMILES string of the molecule is Cc1cc(NC(=O)O)ccc1NC(=O)c1cc(NC(=O)C2C(c3ccc(Cl)c(Br)c3)C2(Cl)Cl)ccc1Cl. The lowest BCUT2D eigenvalue weighted by molar-refractivity contribution is -0.117. The monoisotopic (exact) mass is 643 g/mol. The number of amides is 3. The summed E-state index contributed by atoms with van der Waals surface area (Å²) >= 11 is 28.6. The van der Waals surface area contributed by atoms with E-state index in [1.807, 2.05) is 0 Å². The number of anilines is 3. The van der Waals surface area contributed by atoms with Crippen molar-refractivity contribution in [2.75, 3.05) is 16.0 Å². The van der Waals surface area contributed by atoms with E-state index >= 15 is 0 Å². The minimum atomic E-state index is -1.30. The van der Waals surface area contributed by atoms with Gasteiger partial charge in [0.05, 0.1) is 21.5 Å². The van der Waals surface area contributed by atoms with E-state index < -0.39 is 34.1 Å². The van der Waals surface area contributed by atoms with Crippen LogP contribution in [0.1, 0.15) is 27.4 Å². The number of carbonyl (C=O) groups is 3. The number of carbonyl (C=O) groups excluding carboxylic acids is 2. The summed E-state index contributed by atoms with van der Waals surface area (Å²) in [6.45, 7) is 1.72. The van der Waals surface area contributed by atoms with Gasteiger partial charge in [-0.2, -0.15) is 0 Å². The molecule has 3 aromatic rings. The molecule has 7 nitrogen and oxygen atoms in total. The Morgan fingerprint density at radius 2 is 1.54 bits per heavy atom. The van der Waals surface area contributed by atoms with Crippen LogP contribution in [0.3, 0.4) is 0 Å². The van der Waals surface area contributed by atoms with Gasteiger partial charge in [-0.3, -0.25) is 14.9 Å². The molecule has 4 rings (SSSR count). The number of carboxylic acid groups (broad SMARTS) is 1. The molecule has 0 aliphatic heterocycles. The van der Waals surface area contributed by atoms with Crippen LogP contribution in [0.25, 0.3) is 0 Å². The lowest BCUT2D eigenvalue weighted by atomic mass is 10.1. The van der Waals surface area contributed by atoms with Crippen molar-refractivity contribution in [3.63, 3.8) is 0 Å². The minimum absolute atomic E-state index is 0.128. The summed E-state index contributed by atoms with van der Waals surface area (Å²) in [6.07, 6.45) is -1.19. The maximum atomic E-state index is 13.0. The van der Waals surface area contributed by atoms with E-state index in [9.17, 15) is 14.4 Å². The Hall–Kier alpha value is -2.49. The molecular formula is C25H18BrCl4N3O4. The smallest absolute Gasteiger partial charge is 0.409 e. The predicted octanol–water partition coefficient (Wildman–Crippen LogP) is 7.93. The molecule has 4 N–H and O–H groups in total. The standard InChI is InChI=1S/C25H18BrCl4N3O4/c1-11-8-13(32-24(36)37)4-7-19(11)33-22(34)15-10-14(3-6-17(15)27)31-23(35)21-20(25(21,29)30)12-2-5-18(28)16(26)9-12/h2-10,20-21,32H,1H3,(H,31,35)(H,33,34)(H,36,37). The normalized spacial score (nSPS) is 17.6. The lowest BCUT2D eigenvalue weighted by Crippen LogP contribution is -2.18. The van der Waals surface area contributed by atoms with E-state index in [1.165, 1.54) is 18.2 Å². The van der Waals surface area contributed by atoms with Crippen molar-refractivity contribution in [3.05, 3.63) is 85.8 Å². The van der Waals surface area contributed by atoms with E-state index in [1.54, 1.807) is 43.3 Å². The summed E-state index contributed by atoms with van der Waals surface area (Å²) in [5.74, 6) is -2.09. The van der Waals surface area contributed by atoms with E-state index in [0.29, 0.717) is 32.1 Å². The molecule has 12 heteroatoms. The zero-order valence-corrected chi connectivity index (χ0v) is 23.5. The van der Waals surface area contributed by atoms with Gasteiger partial charge in [0.2, 0.25) is 5.91 Å². The van der Waals surface area contributed by atoms with Gasteiger partial charge in [-0.1, -0.05) is 29.3 Å². The number of benzene rings is 3. The third kappa shape index (κ3) is 5.99. The summed E-state index contributed by atoms with van der Waals surface area (Å²) in [7, 11) is 0. The molecular weight excluding hydrogens is 628 g/mol. The summed E-state index contributed by atoms with van der Waals surface area (Å²) in [5.41, 5.74) is 2.69. The van der Waals surface area contributed by atoms with Gasteiger partial charge in [0.25, 0.3) is 5.91 Å². The predicted molar refractivity (Wildman–Crippen MR) is 151 cm³/mol. The van der Waals surface area contributed by atoms with Gasteiger partial charge in [0.1, 0.15) is 4.33 Å². The average Bonchev–Trinajstić information content (AvgIpc) is 3.40. The third-order valence-corrected chi connectivity index (χ3v) is 8.33. The first-order valence-electron chi connectivity index (χ1n) is 10.7. The first kappa shape index (κ1) is 27.5. The number of hydrogen-bond donors (Lipinski definition) is 4. The quantitative estimate of drug-likeness (QED) is 0.204. The number of hydrogen-bond acceptors (Lipinski definition) is 3. The van der Waals surface area contributed by atoms with Crippen LogP contribution in [0.4, 0.5) is 21.9 Å². The average molecular weight is 646 g/mol. The zero-order chi connectivity index (χ0) is 27.1. The molecule has 2 atom stereocenters. The number of alkyl halides is 2. The second kappa shape index (κ2) is 10.7. The van der Waals surface area contributed by atoms with Gasteiger partial charge in [-0.15, -0.1) is 23.2 Å². The first-order chi connectivity index (χ1) is 17.4. The van der Waals surface area contributed by atoms with Crippen LogP contribution < -0.4 is 16.0 Å². The molecule has 1 saturated carbocycles. The van der Waals surface area contributed by atoms with Gasteiger partial charge >= 0.3 is 6.09 Å². The number of halogens is 5. The van der Waals surface area contributed by atoms with Crippen molar-refractivity contribution in [1.29, 1.82) is 0 Å². The Bertz CT molecular complexity index is 1430. The van der Waals surface area contributed by atoms with E-state index in [2.05, 4.69) is 31.9 Å². The second-order valence-corrected chi connectivity index (χ2v) is 11.5. The molecule has 0 bridgehead atoms. The van der Waals surface area contributed by atoms with Crippen molar-refractivity contribution in [2.45, 2.75) is 17.2 Å². The van der Waals surface area contributed by atoms with E-state index in [0.717, 1.165) is 5.56 Å². The zero-order valence-electron chi connectivity index (χ0n) is 18.9. The van der Waals surface area contributed by atoms with E-state index in [-0.39, 0.29) is 10.6 Å². The summed E-state index contributed by atoms with van der Waals surface area (Å²) < 4.78 is -0.637. The van der Waals surface area contributed by atoms with Crippen LogP contribution in [-0.2, 0) is 4.79 Å². The molecule has 2 unspecified atom stereocenters. The van der Waals surface area contributed by atoms with Gasteiger partial charge in [-0.05, 0) is 82.5 Å². The van der Waals surface area contributed by atoms with Crippen LogP contribution in [0, 0.1) is 12.8 Å². The summed E-state index contributed by atoms with van der Waals surface area (Å²) in [5, 5.41) is 17.3. The molecule has 37 heavy (non-hydrogen) atoms. The number of aryl methyl sites for hydroxylation is 1. The Kier molecular flexibility index (Phi) is 7.97. The molecule has 0 aromatic heterocycles. The Balaban J connectivity index is 1.48. The molecule has 0 heterocycles. The fourth-order valence-corrected chi connectivity index (χ4v) is 5.51. The lowest BCUT2D eigenvalue weighted by Gasteiger charge is -2.12. The highest BCUT2D eigenvalue weighted by Crippen LogP contribution is 2.65. The van der Waals surface area contributed by atoms with Crippen LogP contribution in [0.5, 0.6) is 0 Å². The molecule has 192 valence electrons. The highest BCUT2D eigenvalue weighted by atomic mass is 79.9. The largest absolute Gasteiger partial charge is 0.465 e. The fourth-order valence-electron chi connectivity index (χ4n) is 3.97. The maximum Gasteiger partial charge on any atom is 0.409 e. The Labute approximate surface area is 240 Å². The van der Waals surface area contributed by atoms with Crippen molar-refractivity contribution < 1.29 is 19.5 Å². The van der Waals surface area contributed by atoms with Crippen molar-refractivity contribution in [3.8, 4) is 0 Å². The topological polar surface area (TPSA) is 108 Å². The molecule has 0 saturated heterocycles. The minimum Gasteiger partial charge on any atom is -0.465 e. The molecule has 3 aromatic carbocycles. The van der Waals surface area contributed by atoms with Gasteiger partial charge < -0.3 is 15.7 Å². The summed E-state index contributed by atoms with van der Waals surface area (Å²) in [4.78, 5) is 36.8. The van der Waals surface area contributed by atoms with Gasteiger partial charge in [0.15, 0.2) is 0 Å². The molecule has 1 fully saturated rings. The Morgan fingerprint density at radius 3 is 2.19 bits per heavy atom.